The highest BCUT2D eigenvalue weighted by atomic mass is 32.2. The summed E-state index contributed by atoms with van der Waals surface area (Å²) in [6.45, 7) is 13.0. The van der Waals surface area contributed by atoms with Crippen LogP contribution in [0.3, 0.4) is 0 Å². The summed E-state index contributed by atoms with van der Waals surface area (Å²) in [7, 11) is 0. The Kier molecular flexibility index (Phi) is 9.40. The van der Waals surface area contributed by atoms with Gasteiger partial charge in [-0.1, -0.05) is 19.8 Å². The van der Waals surface area contributed by atoms with Crippen LogP contribution in [0, 0.1) is 5.41 Å². The number of ether oxygens (including phenoxy) is 2. The number of hydrogen-bond acceptors (Lipinski definition) is 5. The van der Waals surface area contributed by atoms with Gasteiger partial charge < -0.3 is 9.47 Å². The van der Waals surface area contributed by atoms with Crippen molar-refractivity contribution in [2.75, 3.05) is 12.0 Å². The third kappa shape index (κ3) is 8.41. The molecule has 0 heterocycles. The van der Waals surface area contributed by atoms with E-state index >= 15 is 0 Å². The summed E-state index contributed by atoms with van der Waals surface area (Å²) in [6, 6.07) is 0. The van der Waals surface area contributed by atoms with E-state index in [2.05, 4.69) is 6.92 Å². The van der Waals surface area contributed by atoms with Crippen molar-refractivity contribution < 1.29 is 19.1 Å². The quantitative estimate of drug-likeness (QED) is 0.329. The van der Waals surface area contributed by atoms with Crippen molar-refractivity contribution in [1.82, 2.24) is 0 Å². The summed E-state index contributed by atoms with van der Waals surface area (Å²) in [4.78, 5) is 26.0. The normalized spacial score (nSPS) is 12.8. The van der Waals surface area contributed by atoms with E-state index in [0.29, 0.717) is 12.8 Å². The lowest BCUT2D eigenvalue weighted by atomic mass is 9.78. The van der Waals surface area contributed by atoms with Gasteiger partial charge in [-0.25, -0.2) is 0 Å². The van der Waals surface area contributed by atoms with E-state index in [9.17, 15) is 9.59 Å². The fourth-order valence-corrected chi connectivity index (χ4v) is 2.80. The summed E-state index contributed by atoms with van der Waals surface area (Å²) in [5.74, 6) is 0.0111. The molecule has 0 saturated carbocycles. The van der Waals surface area contributed by atoms with Crippen LogP contribution in [0.2, 0.25) is 0 Å². The average molecular weight is 361 g/mol. The number of hydrogen-bond donors (Lipinski definition) is 0. The van der Waals surface area contributed by atoms with Gasteiger partial charge in [-0.15, -0.1) is 0 Å². The Balaban J connectivity index is 5.65. The third-order valence-corrected chi connectivity index (χ3v) is 4.19. The van der Waals surface area contributed by atoms with Crippen molar-refractivity contribution in [3.8, 4) is 0 Å². The van der Waals surface area contributed by atoms with Crippen LogP contribution in [0.5, 0.6) is 0 Å². The molecule has 0 aliphatic carbocycles. The molecule has 0 atom stereocenters. The molecular formula is C19H36O4S. The predicted molar refractivity (Wildman–Crippen MR) is 101 cm³/mol. The maximum Gasteiger partial charge on any atom is 0.324 e. The maximum atomic E-state index is 13.0. The lowest BCUT2D eigenvalue weighted by Gasteiger charge is -2.35. The van der Waals surface area contributed by atoms with Crippen LogP contribution in [0.15, 0.2) is 0 Å². The first-order valence-corrected chi connectivity index (χ1v) is 10.2. The lowest BCUT2D eigenvalue weighted by Crippen LogP contribution is -2.47. The molecule has 0 radical (unpaired) electrons. The highest BCUT2D eigenvalue weighted by Crippen LogP contribution is 2.37. The number of unbranched alkanes of at least 4 members (excludes halogenated alkanes) is 1. The first kappa shape index (κ1) is 23.3. The van der Waals surface area contributed by atoms with Crippen LogP contribution in [-0.2, 0) is 19.1 Å². The van der Waals surface area contributed by atoms with E-state index in [4.69, 9.17) is 9.47 Å². The fraction of sp³-hybridized carbons (Fsp3) is 0.895. The zero-order valence-electron chi connectivity index (χ0n) is 16.8. The number of esters is 2. The molecule has 4 nitrogen and oxygen atoms in total. The Morgan fingerprint density at radius 2 is 1.25 bits per heavy atom. The van der Waals surface area contributed by atoms with E-state index < -0.39 is 28.6 Å². The Morgan fingerprint density at radius 3 is 1.58 bits per heavy atom. The highest BCUT2D eigenvalue weighted by molar-refractivity contribution is 7.98. The molecule has 0 aliphatic rings. The number of carbonyl (C=O) groups is 2. The van der Waals surface area contributed by atoms with Gasteiger partial charge in [0, 0.05) is 0 Å². The van der Waals surface area contributed by atoms with Gasteiger partial charge in [0.1, 0.15) is 11.2 Å². The Labute approximate surface area is 152 Å². The second-order valence-electron chi connectivity index (χ2n) is 8.29. The van der Waals surface area contributed by atoms with E-state index in [1.807, 2.05) is 47.8 Å². The van der Waals surface area contributed by atoms with Gasteiger partial charge in [-0.05, 0) is 72.8 Å². The summed E-state index contributed by atoms with van der Waals surface area (Å²) >= 11 is 1.71. The van der Waals surface area contributed by atoms with Gasteiger partial charge >= 0.3 is 11.9 Å². The highest BCUT2D eigenvalue weighted by Gasteiger charge is 2.49. The van der Waals surface area contributed by atoms with Crippen molar-refractivity contribution in [3.05, 3.63) is 0 Å². The minimum atomic E-state index is -1.20. The first-order chi connectivity index (χ1) is 10.9. The topological polar surface area (TPSA) is 52.6 Å². The lowest BCUT2D eigenvalue weighted by molar-refractivity contribution is -0.186. The molecule has 0 spiro atoms. The summed E-state index contributed by atoms with van der Waals surface area (Å²) in [5.41, 5.74) is -2.46. The molecule has 0 saturated heterocycles. The number of carbonyl (C=O) groups excluding carboxylic acids is 2. The van der Waals surface area contributed by atoms with Crippen LogP contribution in [0.25, 0.3) is 0 Å². The van der Waals surface area contributed by atoms with E-state index in [1.165, 1.54) is 0 Å². The maximum absolute atomic E-state index is 13.0. The molecule has 0 amide bonds. The monoisotopic (exact) mass is 360 g/mol. The van der Waals surface area contributed by atoms with Crippen molar-refractivity contribution in [3.63, 3.8) is 0 Å². The van der Waals surface area contributed by atoms with Gasteiger partial charge in [0.25, 0.3) is 0 Å². The molecule has 0 aliphatic heterocycles. The van der Waals surface area contributed by atoms with Crippen molar-refractivity contribution >= 4 is 23.7 Å². The van der Waals surface area contributed by atoms with Crippen molar-refractivity contribution in [1.29, 1.82) is 0 Å². The van der Waals surface area contributed by atoms with Crippen LogP contribution in [-0.4, -0.2) is 35.1 Å². The zero-order valence-corrected chi connectivity index (χ0v) is 17.6. The summed E-state index contributed by atoms with van der Waals surface area (Å²) < 4.78 is 11.2. The SMILES string of the molecule is CCCCC(CCCSC)(C(=O)OC(C)(C)C)C(=O)OC(C)(C)C. The van der Waals surface area contributed by atoms with E-state index in [0.717, 1.165) is 25.0 Å². The Bertz CT molecular complexity index is 377. The smallest absolute Gasteiger partial charge is 0.324 e. The standard InChI is InChI=1S/C19H36O4S/c1-9-10-12-19(13-11-14-24-8,15(20)22-17(2,3)4)16(21)23-18(5,6)7/h9-14H2,1-8H3. The molecule has 0 aromatic heterocycles. The first-order valence-electron chi connectivity index (χ1n) is 8.84. The van der Waals surface area contributed by atoms with Crippen LogP contribution in [0.1, 0.15) is 80.6 Å². The van der Waals surface area contributed by atoms with Gasteiger partial charge in [0.2, 0.25) is 0 Å². The molecule has 0 fully saturated rings. The average Bonchev–Trinajstić information content (AvgIpc) is 2.38. The molecule has 0 N–H and O–H groups in total. The molecule has 142 valence electrons. The predicted octanol–water partition coefficient (Wildman–Crippen LogP) is 4.99. The molecule has 0 bridgehead atoms. The second-order valence-corrected chi connectivity index (χ2v) is 9.27. The Hall–Kier alpha value is -0.710. The van der Waals surface area contributed by atoms with Crippen molar-refractivity contribution in [2.24, 2.45) is 5.41 Å². The minimum absolute atomic E-state index is 0.446. The van der Waals surface area contributed by atoms with Gasteiger partial charge in [-0.2, -0.15) is 11.8 Å². The second kappa shape index (κ2) is 9.69. The number of thioether (sulfide) groups is 1. The largest absolute Gasteiger partial charge is 0.459 e. The fourth-order valence-electron chi connectivity index (χ4n) is 2.36. The zero-order chi connectivity index (χ0) is 19.0. The minimum Gasteiger partial charge on any atom is -0.459 e. The molecule has 0 aromatic carbocycles. The van der Waals surface area contributed by atoms with Gasteiger partial charge in [-0.3, -0.25) is 9.59 Å². The molecule has 0 rings (SSSR count). The summed E-state index contributed by atoms with van der Waals surface area (Å²) in [6.07, 6.45) is 5.45. The van der Waals surface area contributed by atoms with Gasteiger partial charge in [0.15, 0.2) is 5.41 Å². The van der Waals surface area contributed by atoms with Crippen LogP contribution < -0.4 is 0 Å². The van der Waals surface area contributed by atoms with E-state index in [1.54, 1.807) is 11.8 Å². The molecular weight excluding hydrogens is 324 g/mol. The molecule has 5 heteroatoms. The summed E-state index contributed by atoms with van der Waals surface area (Å²) in [5, 5.41) is 0. The van der Waals surface area contributed by atoms with Gasteiger partial charge in [0.05, 0.1) is 0 Å². The van der Waals surface area contributed by atoms with Crippen LogP contribution >= 0.6 is 11.8 Å². The third-order valence-electron chi connectivity index (χ3n) is 3.49. The number of rotatable bonds is 9. The van der Waals surface area contributed by atoms with Crippen molar-refractivity contribution in [2.45, 2.75) is 91.8 Å². The molecule has 24 heavy (non-hydrogen) atoms. The Morgan fingerprint density at radius 1 is 0.833 bits per heavy atom. The van der Waals surface area contributed by atoms with Crippen LogP contribution in [0.4, 0.5) is 0 Å². The van der Waals surface area contributed by atoms with E-state index in [-0.39, 0.29) is 0 Å². The molecule has 0 aromatic rings. The molecule has 0 unspecified atom stereocenters.